The highest BCUT2D eigenvalue weighted by atomic mass is 16.5. The van der Waals surface area contributed by atoms with E-state index in [1.54, 1.807) is 29.2 Å². The van der Waals surface area contributed by atoms with Gasteiger partial charge in [-0.2, -0.15) is 0 Å². The van der Waals surface area contributed by atoms with E-state index in [-0.39, 0.29) is 17.4 Å². The van der Waals surface area contributed by atoms with Gasteiger partial charge in [0.1, 0.15) is 5.69 Å². The lowest BCUT2D eigenvalue weighted by Gasteiger charge is -2.25. The maximum Gasteiger partial charge on any atom is 0.355 e. The fourth-order valence-corrected chi connectivity index (χ4v) is 2.48. The number of esters is 1. The number of nitrogens with one attached hydrogen (secondary N) is 1. The Morgan fingerprint density at radius 2 is 1.76 bits per heavy atom. The van der Waals surface area contributed by atoms with E-state index >= 15 is 0 Å². The van der Waals surface area contributed by atoms with Crippen LogP contribution in [0.3, 0.4) is 0 Å². The number of nitrogens with zero attached hydrogens (tertiary/aromatic N) is 1. The molecule has 25 heavy (non-hydrogen) atoms. The van der Waals surface area contributed by atoms with Crippen molar-refractivity contribution in [2.24, 2.45) is 0 Å². The van der Waals surface area contributed by atoms with Crippen LogP contribution in [0.5, 0.6) is 0 Å². The molecule has 6 heteroatoms. The summed E-state index contributed by atoms with van der Waals surface area (Å²) in [5.41, 5.74) is 1.13. The number of hydrogen-bond donors (Lipinski definition) is 1. The van der Waals surface area contributed by atoms with Crippen LogP contribution in [0.4, 0.5) is 0 Å². The predicted octanol–water partition coefficient (Wildman–Crippen LogP) is 2.98. The van der Waals surface area contributed by atoms with Gasteiger partial charge in [0.2, 0.25) is 6.10 Å². The van der Waals surface area contributed by atoms with E-state index in [0.717, 1.165) is 0 Å². The molecule has 0 fully saturated rings. The molecule has 1 amide bonds. The normalized spacial score (nSPS) is 11.6. The summed E-state index contributed by atoms with van der Waals surface area (Å²) in [6.45, 7) is 6.19. The third-order valence-electron chi connectivity index (χ3n) is 3.94. The summed E-state index contributed by atoms with van der Waals surface area (Å²) in [6, 6.07) is 10.3. The Bertz CT molecular complexity index is 748. The average Bonchev–Trinajstić information content (AvgIpc) is 3.11. The number of benzene rings is 1. The molecule has 0 bridgehead atoms. The summed E-state index contributed by atoms with van der Waals surface area (Å²) in [5.74, 6) is -1.11. The van der Waals surface area contributed by atoms with Crippen LogP contribution < -0.4 is 0 Å². The molecule has 2 rings (SSSR count). The lowest BCUT2D eigenvalue weighted by Crippen LogP contribution is -2.36. The monoisotopic (exact) mass is 342 g/mol. The fourth-order valence-electron chi connectivity index (χ4n) is 2.48. The molecule has 1 aromatic carbocycles. The summed E-state index contributed by atoms with van der Waals surface area (Å²) in [7, 11) is 0. The number of amides is 1. The molecule has 1 N–H and O–H groups in total. The Hall–Kier alpha value is -2.89. The molecule has 0 radical (unpaired) electrons. The van der Waals surface area contributed by atoms with Crippen molar-refractivity contribution < 1.29 is 19.1 Å². The van der Waals surface area contributed by atoms with Crippen LogP contribution in [0.2, 0.25) is 0 Å². The molecule has 0 aliphatic heterocycles. The van der Waals surface area contributed by atoms with E-state index in [1.165, 1.54) is 19.2 Å². The minimum absolute atomic E-state index is 0.137. The van der Waals surface area contributed by atoms with Gasteiger partial charge < -0.3 is 14.6 Å². The summed E-state index contributed by atoms with van der Waals surface area (Å²) < 4.78 is 5.49. The molecule has 0 saturated carbocycles. The number of aromatic nitrogens is 1. The van der Waals surface area contributed by atoms with Crippen molar-refractivity contribution in [1.82, 2.24) is 9.88 Å². The highest BCUT2D eigenvalue weighted by Gasteiger charge is 2.29. The summed E-state index contributed by atoms with van der Waals surface area (Å²) in [6.07, 6.45) is 0.417. The van der Waals surface area contributed by atoms with Crippen LogP contribution in [0.15, 0.2) is 42.6 Å². The highest BCUT2D eigenvalue weighted by Crippen LogP contribution is 2.22. The zero-order valence-corrected chi connectivity index (χ0v) is 14.6. The Balaban J connectivity index is 2.27. The lowest BCUT2D eigenvalue weighted by atomic mass is 10.1. The second-order valence-corrected chi connectivity index (χ2v) is 5.56. The maximum atomic E-state index is 12.8. The first-order valence-electron chi connectivity index (χ1n) is 8.22. The number of Topliss-reactive ketones (excluding diaryl/α,β-unsaturated/α-hetero) is 1. The second kappa shape index (κ2) is 8.28. The minimum atomic E-state index is -1.03. The van der Waals surface area contributed by atoms with Crippen LogP contribution in [-0.2, 0) is 9.53 Å². The third-order valence-corrected chi connectivity index (χ3v) is 3.94. The topological polar surface area (TPSA) is 79.5 Å². The first-order valence-corrected chi connectivity index (χ1v) is 8.22. The van der Waals surface area contributed by atoms with Crippen LogP contribution in [0.25, 0.3) is 0 Å². The van der Waals surface area contributed by atoms with Gasteiger partial charge >= 0.3 is 5.97 Å². The zero-order valence-electron chi connectivity index (χ0n) is 14.6. The number of aromatic amines is 1. The molecule has 1 heterocycles. The Morgan fingerprint density at radius 1 is 1.12 bits per heavy atom. The minimum Gasteiger partial charge on any atom is -0.443 e. The molecular weight excluding hydrogens is 320 g/mol. The zero-order chi connectivity index (χ0) is 18.4. The van der Waals surface area contributed by atoms with E-state index in [4.69, 9.17) is 4.74 Å². The smallest absolute Gasteiger partial charge is 0.355 e. The molecular formula is C19H22N2O4. The highest BCUT2D eigenvalue weighted by molar-refractivity contribution is 5.98. The predicted molar refractivity (Wildman–Crippen MR) is 93.3 cm³/mol. The SMILES string of the molecule is CCN(CC)C(=O)[C@H](OC(=O)c1cc(C(C)=O)c[nH]1)c1ccccc1. The van der Waals surface area contributed by atoms with Gasteiger partial charge in [-0.15, -0.1) is 0 Å². The Kier molecular flexibility index (Phi) is 6.11. The van der Waals surface area contributed by atoms with Crippen LogP contribution in [0.1, 0.15) is 53.3 Å². The molecule has 1 aromatic heterocycles. The summed E-state index contributed by atoms with van der Waals surface area (Å²) in [4.78, 5) is 40.9. The summed E-state index contributed by atoms with van der Waals surface area (Å²) in [5, 5.41) is 0. The summed E-state index contributed by atoms with van der Waals surface area (Å²) >= 11 is 0. The van der Waals surface area contributed by atoms with Crippen molar-refractivity contribution >= 4 is 17.7 Å². The van der Waals surface area contributed by atoms with Crippen molar-refractivity contribution in [1.29, 1.82) is 0 Å². The largest absolute Gasteiger partial charge is 0.443 e. The number of carbonyl (C=O) groups excluding carboxylic acids is 3. The van der Waals surface area contributed by atoms with Gasteiger partial charge in [-0.1, -0.05) is 30.3 Å². The van der Waals surface area contributed by atoms with Crippen molar-refractivity contribution in [2.75, 3.05) is 13.1 Å². The van der Waals surface area contributed by atoms with Gasteiger partial charge in [-0.05, 0) is 26.8 Å². The third kappa shape index (κ3) is 4.35. The van der Waals surface area contributed by atoms with Gasteiger partial charge in [0.05, 0.1) is 0 Å². The molecule has 1 atom stereocenters. The van der Waals surface area contributed by atoms with Gasteiger partial charge in [0, 0.05) is 30.4 Å². The number of hydrogen-bond acceptors (Lipinski definition) is 4. The number of carbonyl (C=O) groups is 3. The van der Waals surface area contributed by atoms with Crippen LogP contribution in [0, 0.1) is 0 Å². The molecule has 2 aromatic rings. The number of likely N-dealkylation sites (N-methyl/N-ethyl adjacent to an activating group) is 1. The number of ketones is 1. The van der Waals surface area contributed by atoms with Crippen molar-refractivity contribution in [3.8, 4) is 0 Å². The Morgan fingerprint density at radius 3 is 2.28 bits per heavy atom. The molecule has 0 saturated heterocycles. The van der Waals surface area contributed by atoms with E-state index in [0.29, 0.717) is 24.2 Å². The van der Waals surface area contributed by atoms with Crippen molar-refractivity contribution in [3.63, 3.8) is 0 Å². The molecule has 132 valence electrons. The fraction of sp³-hybridized carbons (Fsp3) is 0.316. The van der Waals surface area contributed by atoms with Gasteiger partial charge in [0.15, 0.2) is 5.78 Å². The van der Waals surface area contributed by atoms with Crippen molar-refractivity contribution in [3.05, 3.63) is 59.4 Å². The second-order valence-electron chi connectivity index (χ2n) is 5.56. The molecule has 0 unspecified atom stereocenters. The van der Waals surface area contributed by atoms with E-state index in [2.05, 4.69) is 4.98 Å². The van der Waals surface area contributed by atoms with E-state index in [9.17, 15) is 14.4 Å². The van der Waals surface area contributed by atoms with Crippen LogP contribution >= 0.6 is 0 Å². The standard InChI is InChI=1S/C19H22N2O4/c1-4-21(5-2)18(23)17(14-9-7-6-8-10-14)25-19(24)16-11-15(12-20-16)13(3)22/h6-12,17,20H,4-5H2,1-3H3/t17-/m1/s1. The lowest BCUT2D eigenvalue weighted by molar-refractivity contribution is -0.140. The number of rotatable bonds is 7. The van der Waals surface area contributed by atoms with Crippen LogP contribution in [-0.4, -0.2) is 40.6 Å². The first kappa shape index (κ1) is 18.4. The maximum absolute atomic E-state index is 12.8. The molecule has 0 aliphatic rings. The van der Waals surface area contributed by atoms with E-state index < -0.39 is 12.1 Å². The van der Waals surface area contributed by atoms with Gasteiger partial charge in [-0.3, -0.25) is 9.59 Å². The van der Waals surface area contributed by atoms with Gasteiger partial charge in [-0.25, -0.2) is 4.79 Å². The Labute approximate surface area is 146 Å². The van der Waals surface area contributed by atoms with Gasteiger partial charge in [0.25, 0.3) is 5.91 Å². The molecule has 0 spiro atoms. The quantitative estimate of drug-likeness (QED) is 0.620. The molecule has 0 aliphatic carbocycles. The average molecular weight is 342 g/mol. The molecule has 6 nitrogen and oxygen atoms in total. The van der Waals surface area contributed by atoms with Crippen molar-refractivity contribution in [2.45, 2.75) is 26.9 Å². The van der Waals surface area contributed by atoms with E-state index in [1.807, 2.05) is 19.9 Å². The number of H-pyrrole nitrogens is 1. The number of ether oxygens (including phenoxy) is 1. The first-order chi connectivity index (χ1) is 12.0.